The second kappa shape index (κ2) is 6.30. The summed E-state index contributed by atoms with van der Waals surface area (Å²) in [5.74, 6) is -0.398. The minimum Gasteiger partial charge on any atom is -0.478 e. The number of carboxylic acids is 1. The lowest BCUT2D eigenvalue weighted by atomic mass is 9.92. The average molecular weight is 308 g/mol. The van der Waals surface area contributed by atoms with Gasteiger partial charge in [-0.2, -0.15) is 12.6 Å². The lowest BCUT2D eigenvalue weighted by Gasteiger charge is -2.28. The van der Waals surface area contributed by atoms with Gasteiger partial charge in [0.15, 0.2) is 0 Å². The second-order valence-corrected chi connectivity index (χ2v) is 5.42. The average Bonchev–Trinajstić information content (AvgIpc) is 2.46. The number of nitrogens with zero attached hydrogens (tertiary/aromatic N) is 1. The van der Waals surface area contributed by atoms with E-state index in [9.17, 15) is 14.3 Å². The van der Waals surface area contributed by atoms with Crippen LogP contribution in [0.5, 0.6) is 0 Å². The maximum Gasteiger partial charge on any atom is 0.335 e. The first-order chi connectivity index (χ1) is 9.93. The molecule has 1 aliphatic heterocycles. The third-order valence-electron chi connectivity index (χ3n) is 3.27. The molecule has 1 atom stereocenters. The summed E-state index contributed by atoms with van der Waals surface area (Å²) in [6, 6.07) is 5.09. The van der Waals surface area contributed by atoms with Crippen LogP contribution in [-0.2, 0) is 4.79 Å². The summed E-state index contributed by atoms with van der Waals surface area (Å²) in [4.78, 5) is 16.1. The van der Waals surface area contributed by atoms with E-state index in [4.69, 9.17) is 0 Å². The van der Waals surface area contributed by atoms with Crippen molar-refractivity contribution < 1.29 is 14.3 Å². The smallest absolute Gasteiger partial charge is 0.335 e. The molecule has 0 fully saturated rings. The number of rotatable bonds is 4. The van der Waals surface area contributed by atoms with Gasteiger partial charge in [0.05, 0.1) is 5.57 Å². The minimum atomic E-state index is -1.03. The summed E-state index contributed by atoms with van der Waals surface area (Å²) in [6.07, 6.45) is 0. The zero-order valence-electron chi connectivity index (χ0n) is 11.8. The van der Waals surface area contributed by atoms with E-state index in [1.54, 1.807) is 12.1 Å². The van der Waals surface area contributed by atoms with Crippen molar-refractivity contribution in [3.63, 3.8) is 0 Å². The molecule has 112 valence electrons. The quantitative estimate of drug-likeness (QED) is 0.750. The van der Waals surface area contributed by atoms with Crippen LogP contribution in [0, 0.1) is 11.7 Å². The highest BCUT2D eigenvalue weighted by atomic mass is 32.1. The topological polar surface area (TPSA) is 61.7 Å². The number of aliphatic imine (C=N–C) groups is 1. The standard InChI is InChI=1S/C15H17FN2O2S/c1-8(2)13-12(15(19)20)14(18-11(7-21)17-13)9-3-5-10(16)6-4-9/h3-6,8,14,21H,7H2,1-2H3,(H,17,18)(H,19,20). The predicted octanol–water partition coefficient (Wildman–Crippen LogP) is 2.79. The van der Waals surface area contributed by atoms with Gasteiger partial charge in [0.25, 0.3) is 0 Å². The number of nitrogens with one attached hydrogen (secondary N) is 1. The van der Waals surface area contributed by atoms with E-state index >= 15 is 0 Å². The third kappa shape index (κ3) is 3.26. The van der Waals surface area contributed by atoms with Crippen molar-refractivity contribution in [2.75, 3.05) is 5.75 Å². The van der Waals surface area contributed by atoms with Gasteiger partial charge < -0.3 is 10.4 Å². The van der Waals surface area contributed by atoms with Crippen molar-refractivity contribution in [3.05, 3.63) is 46.9 Å². The Labute approximate surface area is 128 Å². The molecule has 2 N–H and O–H groups in total. The predicted molar refractivity (Wildman–Crippen MR) is 83.1 cm³/mol. The molecule has 2 rings (SSSR count). The lowest BCUT2D eigenvalue weighted by molar-refractivity contribution is -0.133. The van der Waals surface area contributed by atoms with Crippen LogP contribution < -0.4 is 5.32 Å². The van der Waals surface area contributed by atoms with E-state index in [2.05, 4.69) is 22.9 Å². The van der Waals surface area contributed by atoms with E-state index in [0.29, 0.717) is 22.8 Å². The highest BCUT2D eigenvalue weighted by molar-refractivity contribution is 7.81. The maximum atomic E-state index is 13.1. The highest BCUT2D eigenvalue weighted by Crippen LogP contribution is 2.33. The van der Waals surface area contributed by atoms with Gasteiger partial charge >= 0.3 is 5.97 Å². The SMILES string of the molecule is CC(C)C1=C(C(=O)O)C(c2ccc(F)cc2)N=C(CS)N1. The van der Waals surface area contributed by atoms with Crippen molar-refractivity contribution in [1.29, 1.82) is 0 Å². The van der Waals surface area contributed by atoms with Crippen LogP contribution in [0.2, 0.25) is 0 Å². The molecule has 0 amide bonds. The fourth-order valence-corrected chi connectivity index (χ4v) is 2.44. The summed E-state index contributed by atoms with van der Waals surface area (Å²) in [6.45, 7) is 3.82. The first-order valence-corrected chi connectivity index (χ1v) is 7.24. The number of carbonyl (C=O) groups is 1. The van der Waals surface area contributed by atoms with Crippen molar-refractivity contribution in [3.8, 4) is 0 Å². The molecule has 4 nitrogen and oxygen atoms in total. The Morgan fingerprint density at radius 3 is 2.52 bits per heavy atom. The van der Waals surface area contributed by atoms with Crippen LogP contribution in [0.1, 0.15) is 25.5 Å². The molecule has 1 unspecified atom stereocenters. The van der Waals surface area contributed by atoms with Gasteiger partial charge in [-0.05, 0) is 23.6 Å². The van der Waals surface area contributed by atoms with Crippen molar-refractivity contribution in [2.24, 2.45) is 10.9 Å². The molecule has 0 aromatic heterocycles. The zero-order chi connectivity index (χ0) is 15.6. The van der Waals surface area contributed by atoms with Crippen LogP contribution in [0.25, 0.3) is 0 Å². The molecule has 0 saturated carbocycles. The van der Waals surface area contributed by atoms with Gasteiger partial charge in [-0.3, -0.25) is 4.99 Å². The molecular formula is C15H17FN2O2S. The molecular weight excluding hydrogens is 291 g/mol. The molecule has 1 aromatic rings. The van der Waals surface area contributed by atoms with Gasteiger partial charge in [-0.25, -0.2) is 9.18 Å². The van der Waals surface area contributed by atoms with E-state index < -0.39 is 12.0 Å². The molecule has 0 saturated heterocycles. The van der Waals surface area contributed by atoms with Crippen LogP contribution in [0.15, 0.2) is 40.5 Å². The number of carboxylic acid groups (broad SMARTS) is 1. The molecule has 0 bridgehead atoms. The first-order valence-electron chi connectivity index (χ1n) is 6.61. The highest BCUT2D eigenvalue weighted by Gasteiger charge is 2.31. The third-order valence-corrected chi connectivity index (χ3v) is 3.57. The summed E-state index contributed by atoms with van der Waals surface area (Å²) in [7, 11) is 0. The van der Waals surface area contributed by atoms with Crippen LogP contribution in [0.3, 0.4) is 0 Å². The number of benzene rings is 1. The van der Waals surface area contributed by atoms with E-state index in [-0.39, 0.29) is 17.3 Å². The zero-order valence-corrected chi connectivity index (χ0v) is 12.7. The number of hydrogen-bond acceptors (Lipinski definition) is 4. The monoisotopic (exact) mass is 308 g/mol. The Bertz CT molecular complexity index is 609. The van der Waals surface area contributed by atoms with E-state index in [0.717, 1.165) is 0 Å². The Hall–Kier alpha value is -1.82. The Kier molecular flexibility index (Phi) is 4.67. The van der Waals surface area contributed by atoms with Crippen LogP contribution in [-0.4, -0.2) is 22.7 Å². The van der Waals surface area contributed by atoms with Gasteiger partial charge in [0.1, 0.15) is 17.7 Å². The number of amidine groups is 1. The largest absolute Gasteiger partial charge is 0.478 e. The fourth-order valence-electron chi connectivity index (χ4n) is 2.28. The van der Waals surface area contributed by atoms with E-state index in [1.807, 2.05) is 13.8 Å². The van der Waals surface area contributed by atoms with Gasteiger partial charge in [-0.1, -0.05) is 26.0 Å². The number of aliphatic carboxylic acids is 1. The van der Waals surface area contributed by atoms with Crippen molar-refractivity contribution in [1.82, 2.24) is 5.32 Å². The van der Waals surface area contributed by atoms with Crippen molar-refractivity contribution in [2.45, 2.75) is 19.9 Å². The lowest BCUT2D eigenvalue weighted by Crippen LogP contribution is -2.35. The summed E-state index contributed by atoms with van der Waals surface area (Å²) < 4.78 is 13.1. The van der Waals surface area contributed by atoms with Crippen LogP contribution >= 0.6 is 12.6 Å². The van der Waals surface area contributed by atoms with Crippen molar-refractivity contribution >= 4 is 24.4 Å². The normalized spacial score (nSPS) is 18.5. The Morgan fingerprint density at radius 1 is 1.43 bits per heavy atom. The van der Waals surface area contributed by atoms with Gasteiger partial charge in [0, 0.05) is 11.4 Å². The Balaban J connectivity index is 2.56. The second-order valence-electron chi connectivity index (χ2n) is 5.10. The summed E-state index contributed by atoms with van der Waals surface area (Å²) >= 11 is 4.20. The van der Waals surface area contributed by atoms with Crippen LogP contribution in [0.4, 0.5) is 4.39 Å². The van der Waals surface area contributed by atoms with E-state index in [1.165, 1.54) is 12.1 Å². The molecule has 1 aromatic carbocycles. The molecule has 1 aliphatic rings. The number of allylic oxidation sites excluding steroid dienone is 1. The van der Waals surface area contributed by atoms with Gasteiger partial charge in [0.2, 0.25) is 0 Å². The molecule has 0 aliphatic carbocycles. The molecule has 0 radical (unpaired) electrons. The fraction of sp³-hybridized carbons (Fsp3) is 0.333. The molecule has 1 heterocycles. The Morgan fingerprint density at radius 2 is 2.05 bits per heavy atom. The molecule has 0 spiro atoms. The molecule has 6 heteroatoms. The molecule has 21 heavy (non-hydrogen) atoms. The number of hydrogen-bond donors (Lipinski definition) is 3. The number of halogens is 1. The minimum absolute atomic E-state index is 0.00410. The van der Waals surface area contributed by atoms with Gasteiger partial charge in [-0.15, -0.1) is 0 Å². The summed E-state index contributed by atoms with van der Waals surface area (Å²) in [5, 5.41) is 12.6. The number of thiol groups is 1. The maximum absolute atomic E-state index is 13.1. The first kappa shape index (κ1) is 15.6. The summed E-state index contributed by atoms with van der Waals surface area (Å²) in [5.41, 5.74) is 1.46.